The van der Waals surface area contributed by atoms with Crippen molar-refractivity contribution in [3.8, 4) is 17.1 Å². The summed E-state index contributed by atoms with van der Waals surface area (Å²) in [6.07, 6.45) is 4.12. The number of hydrogen-bond donors (Lipinski definition) is 1. The third kappa shape index (κ3) is 8.58. The number of fused-ring (bicyclic) bond motifs is 1. The summed E-state index contributed by atoms with van der Waals surface area (Å²) in [5.74, 6) is 0.822. The number of carbonyl (C=O) groups excluding carboxylic acids is 1. The van der Waals surface area contributed by atoms with Gasteiger partial charge in [-0.25, -0.2) is 9.48 Å². The fraction of sp³-hybridized carbons (Fsp3) is 0.621. The van der Waals surface area contributed by atoms with E-state index in [0.29, 0.717) is 19.4 Å². The highest BCUT2D eigenvalue weighted by Gasteiger charge is 2.39. The lowest BCUT2D eigenvalue weighted by molar-refractivity contribution is -0.0365. The number of aromatic nitrogens is 4. The number of aryl methyl sites for hydroxylation is 1. The molecule has 1 fully saturated rings. The van der Waals surface area contributed by atoms with Gasteiger partial charge in [0, 0.05) is 37.7 Å². The van der Waals surface area contributed by atoms with E-state index in [-0.39, 0.29) is 31.0 Å². The summed E-state index contributed by atoms with van der Waals surface area (Å²) in [7, 11) is -3.69. The zero-order valence-corrected chi connectivity index (χ0v) is 28.1. The average Bonchev–Trinajstić information content (AvgIpc) is 3.47. The van der Waals surface area contributed by atoms with Gasteiger partial charge in [0.25, 0.3) is 10.1 Å². The van der Waals surface area contributed by atoms with Crippen molar-refractivity contribution in [2.45, 2.75) is 77.2 Å². The Labute approximate surface area is 255 Å². The maximum Gasteiger partial charge on any atom is 0.407 e. The average molecular weight is 636 g/mol. The van der Waals surface area contributed by atoms with Gasteiger partial charge < -0.3 is 19.2 Å². The zero-order chi connectivity index (χ0) is 31.4. The molecule has 2 aromatic heterocycles. The summed E-state index contributed by atoms with van der Waals surface area (Å²) < 4.78 is 48.5. The van der Waals surface area contributed by atoms with Crippen LogP contribution in [0.1, 0.15) is 58.4 Å². The van der Waals surface area contributed by atoms with Gasteiger partial charge in [-0.15, -0.1) is 0 Å². The number of ether oxygens (including phenoxy) is 2. The van der Waals surface area contributed by atoms with Crippen LogP contribution in [0.5, 0.6) is 5.75 Å². The number of hydrogen-bond acceptors (Lipinski definition) is 9. The molecule has 1 saturated heterocycles. The van der Waals surface area contributed by atoms with E-state index in [1.165, 1.54) is 0 Å². The summed E-state index contributed by atoms with van der Waals surface area (Å²) in [6.45, 7) is 12.2. The van der Waals surface area contributed by atoms with Crippen LogP contribution in [-0.4, -0.2) is 75.0 Å². The molecule has 3 heterocycles. The van der Waals surface area contributed by atoms with E-state index in [0.717, 1.165) is 59.3 Å². The van der Waals surface area contributed by atoms with E-state index in [4.69, 9.17) is 24.1 Å². The molecule has 0 aliphatic carbocycles. The van der Waals surface area contributed by atoms with Crippen LogP contribution in [0.2, 0.25) is 18.1 Å². The Kier molecular flexibility index (Phi) is 10.2. The molecule has 1 atom stereocenters. The minimum absolute atomic E-state index is 0.00185. The summed E-state index contributed by atoms with van der Waals surface area (Å²) >= 11 is 0. The minimum atomic E-state index is -3.49. The fourth-order valence-corrected chi connectivity index (χ4v) is 6.03. The molecule has 0 saturated carbocycles. The van der Waals surface area contributed by atoms with Crippen LogP contribution in [0.15, 0.2) is 24.3 Å². The fourth-order valence-electron chi connectivity index (χ4n) is 4.58. The molecule has 1 N–H and O–H groups in total. The first-order chi connectivity index (χ1) is 20.1. The largest absolute Gasteiger partial charge is 0.543 e. The molecule has 4 rings (SSSR count). The number of alkyl carbamates (subject to hydrolysis) is 1. The lowest BCUT2D eigenvalue weighted by Crippen LogP contribution is -2.43. The van der Waals surface area contributed by atoms with Gasteiger partial charge in [-0.2, -0.15) is 18.6 Å². The lowest BCUT2D eigenvalue weighted by Gasteiger charge is -2.36. The third-order valence-electron chi connectivity index (χ3n) is 7.98. The summed E-state index contributed by atoms with van der Waals surface area (Å²) in [5, 5.41) is 13.4. The van der Waals surface area contributed by atoms with Gasteiger partial charge in [-0.1, -0.05) is 20.8 Å². The molecular formula is C29H45N5O7SSi. The first kappa shape index (κ1) is 33.0. The Hall–Kier alpha value is -2.94. The molecule has 1 aliphatic rings. The summed E-state index contributed by atoms with van der Waals surface area (Å²) in [6, 6.07) is 8.13. The molecule has 238 valence electrons. The van der Waals surface area contributed by atoms with E-state index in [9.17, 15) is 13.2 Å². The van der Waals surface area contributed by atoms with Crippen LogP contribution in [0.25, 0.3) is 22.3 Å². The second-order valence-electron chi connectivity index (χ2n) is 12.5. The monoisotopic (exact) mass is 635 g/mol. The van der Waals surface area contributed by atoms with Crippen molar-refractivity contribution in [1.82, 2.24) is 24.9 Å². The molecule has 1 aromatic carbocycles. The topological polar surface area (TPSA) is 136 Å². The van der Waals surface area contributed by atoms with E-state index in [1.54, 1.807) is 4.68 Å². The van der Waals surface area contributed by atoms with Crippen molar-refractivity contribution in [1.29, 1.82) is 0 Å². The number of carbonyl (C=O) groups is 1. The molecule has 1 aliphatic heterocycles. The molecule has 43 heavy (non-hydrogen) atoms. The number of rotatable bonds is 12. The number of amides is 1. The Balaban J connectivity index is 1.50. The standard InChI is InChI=1S/C29H45N5O7SSi/c1-29(2,3)43(6,7)41-22-12-13-25-23(20-22)27(32-34(25)26-11-8-9-16-38-26)24-19-21(33(4)31-24)14-18-39-28(35)30-15-10-17-40-42(5,36)37/h12-13,19-20,26H,8-11,14-18H2,1-7H3,(H,30,35). The zero-order valence-electron chi connectivity index (χ0n) is 26.3. The first-order valence-corrected chi connectivity index (χ1v) is 19.5. The molecule has 0 radical (unpaired) electrons. The second kappa shape index (κ2) is 13.4. The Bertz CT molecular complexity index is 1520. The molecule has 1 amide bonds. The van der Waals surface area contributed by atoms with Gasteiger partial charge in [0.05, 0.1) is 25.0 Å². The number of nitrogens with one attached hydrogen (secondary N) is 1. The molecule has 14 heteroatoms. The van der Waals surface area contributed by atoms with E-state index in [2.05, 4.69) is 55.5 Å². The normalized spacial score (nSPS) is 16.4. The Morgan fingerprint density at radius 3 is 2.60 bits per heavy atom. The van der Waals surface area contributed by atoms with Gasteiger partial charge in [0.2, 0.25) is 8.32 Å². The van der Waals surface area contributed by atoms with Crippen LogP contribution in [-0.2, 0) is 37.2 Å². The predicted octanol–water partition coefficient (Wildman–Crippen LogP) is 5.15. The lowest BCUT2D eigenvalue weighted by atomic mass is 10.1. The molecule has 0 bridgehead atoms. The third-order valence-corrected chi connectivity index (χ3v) is 12.9. The van der Waals surface area contributed by atoms with Gasteiger partial charge >= 0.3 is 6.09 Å². The van der Waals surface area contributed by atoms with Crippen molar-refractivity contribution in [2.24, 2.45) is 7.05 Å². The maximum absolute atomic E-state index is 12.0. The quantitative estimate of drug-likeness (QED) is 0.163. The highest BCUT2D eigenvalue weighted by Crippen LogP contribution is 2.39. The highest BCUT2D eigenvalue weighted by atomic mass is 32.2. The Morgan fingerprint density at radius 1 is 1.16 bits per heavy atom. The second-order valence-corrected chi connectivity index (χ2v) is 18.9. The molecule has 12 nitrogen and oxygen atoms in total. The van der Waals surface area contributed by atoms with E-state index >= 15 is 0 Å². The molecule has 1 unspecified atom stereocenters. The van der Waals surface area contributed by atoms with E-state index in [1.807, 2.05) is 23.9 Å². The Morgan fingerprint density at radius 2 is 1.93 bits per heavy atom. The minimum Gasteiger partial charge on any atom is -0.543 e. The first-order valence-electron chi connectivity index (χ1n) is 14.8. The van der Waals surface area contributed by atoms with Crippen molar-refractivity contribution in [3.63, 3.8) is 0 Å². The van der Waals surface area contributed by atoms with Crippen LogP contribution in [0.3, 0.4) is 0 Å². The van der Waals surface area contributed by atoms with Gasteiger partial charge in [0.15, 0.2) is 6.23 Å². The smallest absolute Gasteiger partial charge is 0.407 e. The predicted molar refractivity (Wildman–Crippen MR) is 167 cm³/mol. The SMILES string of the molecule is Cn1nc(-c2nn(C3CCCCO3)c3ccc(O[Si](C)(C)C(C)(C)C)cc23)cc1CCOC(=O)NCCCOS(C)(=O)=O. The number of benzene rings is 1. The van der Waals surface area contributed by atoms with Crippen molar-refractivity contribution in [2.75, 3.05) is 32.6 Å². The molecule has 0 spiro atoms. The van der Waals surface area contributed by atoms with Crippen molar-refractivity contribution >= 4 is 35.4 Å². The van der Waals surface area contributed by atoms with Gasteiger partial charge in [-0.05, 0) is 68.1 Å². The van der Waals surface area contributed by atoms with Gasteiger partial charge in [-0.3, -0.25) is 8.86 Å². The van der Waals surface area contributed by atoms with Crippen LogP contribution >= 0.6 is 0 Å². The van der Waals surface area contributed by atoms with Crippen molar-refractivity contribution < 1.29 is 31.3 Å². The molecule has 3 aromatic rings. The highest BCUT2D eigenvalue weighted by molar-refractivity contribution is 7.85. The van der Waals surface area contributed by atoms with Crippen molar-refractivity contribution in [3.05, 3.63) is 30.0 Å². The van der Waals surface area contributed by atoms with Gasteiger partial charge in [0.1, 0.15) is 17.1 Å². The van der Waals surface area contributed by atoms with E-state index < -0.39 is 24.5 Å². The van der Waals surface area contributed by atoms with Crippen LogP contribution < -0.4 is 9.74 Å². The number of nitrogens with zero attached hydrogens (tertiary/aromatic N) is 4. The maximum atomic E-state index is 12.0. The summed E-state index contributed by atoms with van der Waals surface area (Å²) in [4.78, 5) is 12.0. The molecular weight excluding hydrogens is 591 g/mol. The van der Waals surface area contributed by atoms with Crippen LogP contribution in [0, 0.1) is 0 Å². The van der Waals surface area contributed by atoms with Crippen LogP contribution in [0.4, 0.5) is 4.79 Å². The summed E-state index contributed by atoms with van der Waals surface area (Å²) in [5.41, 5.74) is 3.33.